The van der Waals surface area contributed by atoms with Crippen molar-refractivity contribution < 1.29 is 9.47 Å². The van der Waals surface area contributed by atoms with Crippen molar-refractivity contribution in [2.24, 2.45) is 16.3 Å². The number of aliphatic imine (C=N–C) groups is 1. The fourth-order valence-corrected chi connectivity index (χ4v) is 6.22. The summed E-state index contributed by atoms with van der Waals surface area (Å²) in [6.07, 6.45) is 12.7. The van der Waals surface area contributed by atoms with E-state index in [1.807, 2.05) is 18.6 Å². The van der Waals surface area contributed by atoms with Crippen molar-refractivity contribution >= 4 is 27.9 Å². The van der Waals surface area contributed by atoms with E-state index < -0.39 is 0 Å². The molecule has 0 spiro atoms. The zero-order chi connectivity index (χ0) is 28.7. The minimum atomic E-state index is -0.180. The minimum absolute atomic E-state index is 0.0216. The molecule has 2 unspecified atom stereocenters. The third-order valence-corrected chi connectivity index (χ3v) is 9.27. The van der Waals surface area contributed by atoms with Gasteiger partial charge in [-0.3, -0.25) is 15.0 Å². The quantitative estimate of drug-likeness (QED) is 0.326. The average Bonchev–Trinajstić information content (AvgIpc) is 3.02. The number of fused-ring (bicyclic) bond motifs is 3. The fourth-order valence-electron chi connectivity index (χ4n) is 6.22. The van der Waals surface area contributed by atoms with Gasteiger partial charge in [0.25, 0.3) is 0 Å². The van der Waals surface area contributed by atoms with E-state index >= 15 is 0 Å². The molecule has 2 aliphatic heterocycles. The highest BCUT2D eigenvalue weighted by Gasteiger charge is 2.35. The van der Waals surface area contributed by atoms with Crippen LogP contribution in [-0.4, -0.2) is 28.4 Å². The van der Waals surface area contributed by atoms with Gasteiger partial charge in [0.1, 0.15) is 17.1 Å². The summed E-state index contributed by atoms with van der Waals surface area (Å²) < 4.78 is 12.7. The van der Waals surface area contributed by atoms with E-state index in [0.717, 1.165) is 71.3 Å². The van der Waals surface area contributed by atoms with Crippen molar-refractivity contribution in [3.63, 3.8) is 0 Å². The number of allylic oxidation sites excluding steroid dienone is 4. The van der Waals surface area contributed by atoms with Gasteiger partial charge >= 0.3 is 0 Å². The number of nitrogens with zero attached hydrogens (tertiary/aromatic N) is 3. The van der Waals surface area contributed by atoms with Gasteiger partial charge in [0.05, 0.1) is 24.5 Å². The second kappa shape index (κ2) is 10.8. The Bertz CT molecular complexity index is 1520. The van der Waals surface area contributed by atoms with Gasteiger partial charge in [0.2, 0.25) is 0 Å². The lowest BCUT2D eigenvalue weighted by Gasteiger charge is -2.33. The molecule has 2 aliphatic rings. The molecule has 5 nitrogen and oxygen atoms in total. The maximum atomic E-state index is 6.62. The summed E-state index contributed by atoms with van der Waals surface area (Å²) >= 11 is 0. The molecule has 2 aromatic heterocycles. The van der Waals surface area contributed by atoms with Crippen molar-refractivity contribution in [3.05, 3.63) is 77.0 Å². The Labute approximate surface area is 239 Å². The van der Waals surface area contributed by atoms with E-state index in [2.05, 4.69) is 83.8 Å². The highest BCUT2D eigenvalue weighted by atomic mass is 16.5. The zero-order valence-electron chi connectivity index (χ0n) is 25.4. The smallest absolute Gasteiger partial charge is 0.127 e. The molecule has 0 amide bonds. The molecule has 0 fully saturated rings. The Morgan fingerprint density at radius 3 is 2.55 bits per heavy atom. The molecule has 0 saturated carbocycles. The highest BCUT2D eigenvalue weighted by molar-refractivity contribution is 5.97. The molecule has 0 bridgehead atoms. The molecule has 0 N–H and O–H groups in total. The Hall–Kier alpha value is -3.47. The number of pyridine rings is 2. The minimum Gasteiger partial charge on any atom is -0.496 e. The van der Waals surface area contributed by atoms with E-state index in [1.165, 1.54) is 22.4 Å². The van der Waals surface area contributed by atoms with Gasteiger partial charge in [-0.1, -0.05) is 33.8 Å². The zero-order valence-corrected chi connectivity index (χ0v) is 25.4. The van der Waals surface area contributed by atoms with Crippen LogP contribution in [0.3, 0.4) is 0 Å². The summed E-state index contributed by atoms with van der Waals surface area (Å²) in [4.78, 5) is 14.4. The third-order valence-electron chi connectivity index (χ3n) is 9.27. The summed E-state index contributed by atoms with van der Waals surface area (Å²) in [5.74, 6) is 2.08. The highest BCUT2D eigenvalue weighted by Crippen LogP contribution is 2.45. The first-order chi connectivity index (χ1) is 19.0. The molecular formula is C35H43N3O2. The molecule has 5 heteroatoms. The van der Waals surface area contributed by atoms with Crippen LogP contribution in [0, 0.1) is 11.3 Å². The summed E-state index contributed by atoms with van der Waals surface area (Å²) in [6.45, 7) is 15.7. The molecule has 0 radical (unpaired) electrons. The normalized spacial score (nSPS) is 22.9. The summed E-state index contributed by atoms with van der Waals surface area (Å²) in [7, 11) is 1.76. The molecule has 4 heterocycles. The summed E-state index contributed by atoms with van der Waals surface area (Å²) in [5.41, 5.74) is 8.75. The number of methoxy groups -OCH3 is 1. The maximum absolute atomic E-state index is 6.62. The molecule has 1 aromatic carbocycles. The Kier molecular flexibility index (Phi) is 7.60. The van der Waals surface area contributed by atoms with E-state index in [1.54, 1.807) is 7.11 Å². The standard InChI is InChI=1S/C35H43N3O2/c1-9-35(7)14-10-11-22(2)33(24(4)40-35)27-18-30-26(19-32(27)39-8)28-20-34(5,6)23(3)29(38-31(28)21-37-30)17-25-12-15-36-16-13-25/h11-13,15-16,18-19,21,23H,9-10,14,17,20H2,1-8H3. The first-order valence-electron chi connectivity index (χ1n) is 14.6. The van der Waals surface area contributed by atoms with Crippen molar-refractivity contribution in [1.82, 2.24) is 9.97 Å². The van der Waals surface area contributed by atoms with Crippen molar-refractivity contribution in [3.8, 4) is 5.75 Å². The first kappa shape index (κ1) is 28.1. The van der Waals surface area contributed by atoms with E-state index in [0.29, 0.717) is 5.92 Å². The van der Waals surface area contributed by atoms with Gasteiger partial charge < -0.3 is 9.47 Å². The predicted molar refractivity (Wildman–Crippen MR) is 165 cm³/mol. The molecule has 0 aliphatic carbocycles. The van der Waals surface area contributed by atoms with Crippen molar-refractivity contribution in [1.29, 1.82) is 0 Å². The van der Waals surface area contributed by atoms with Crippen LogP contribution in [-0.2, 0) is 17.6 Å². The molecular weight excluding hydrogens is 494 g/mol. The van der Waals surface area contributed by atoms with Gasteiger partial charge in [-0.25, -0.2) is 0 Å². The number of ether oxygens (including phenoxy) is 2. The summed E-state index contributed by atoms with van der Waals surface area (Å²) in [6, 6.07) is 8.51. The number of hydrogen-bond donors (Lipinski definition) is 0. The van der Waals surface area contributed by atoms with Crippen LogP contribution in [0.5, 0.6) is 5.75 Å². The summed E-state index contributed by atoms with van der Waals surface area (Å²) in [5, 5.41) is 1.11. The van der Waals surface area contributed by atoms with E-state index in [9.17, 15) is 0 Å². The van der Waals surface area contributed by atoms with Gasteiger partial charge in [-0.2, -0.15) is 0 Å². The Morgan fingerprint density at radius 1 is 1.10 bits per heavy atom. The Balaban J connectivity index is 1.67. The largest absolute Gasteiger partial charge is 0.496 e. The molecule has 3 aromatic rings. The van der Waals surface area contributed by atoms with Crippen LogP contribution in [0.25, 0.3) is 16.5 Å². The van der Waals surface area contributed by atoms with E-state index in [-0.39, 0.29) is 11.0 Å². The van der Waals surface area contributed by atoms with Crippen LogP contribution in [0.2, 0.25) is 0 Å². The van der Waals surface area contributed by atoms with Gasteiger partial charge in [0, 0.05) is 47.0 Å². The average molecular weight is 538 g/mol. The van der Waals surface area contributed by atoms with Crippen LogP contribution in [0.1, 0.15) is 84.4 Å². The van der Waals surface area contributed by atoms with Crippen molar-refractivity contribution in [2.45, 2.75) is 86.2 Å². The third kappa shape index (κ3) is 5.31. The molecule has 5 rings (SSSR count). The predicted octanol–water partition coefficient (Wildman–Crippen LogP) is 8.83. The second-order valence-corrected chi connectivity index (χ2v) is 12.5. The lowest BCUT2D eigenvalue weighted by molar-refractivity contribution is 0.00930. The molecule has 210 valence electrons. The molecule has 2 atom stereocenters. The van der Waals surface area contributed by atoms with Crippen LogP contribution >= 0.6 is 0 Å². The monoisotopic (exact) mass is 537 g/mol. The fraction of sp³-hybridized carbons (Fsp3) is 0.457. The van der Waals surface area contributed by atoms with Crippen LogP contribution < -0.4 is 4.74 Å². The van der Waals surface area contributed by atoms with E-state index in [4.69, 9.17) is 19.5 Å². The number of benzene rings is 1. The van der Waals surface area contributed by atoms with Crippen molar-refractivity contribution in [2.75, 3.05) is 7.11 Å². The lowest BCUT2D eigenvalue weighted by Crippen LogP contribution is -2.30. The number of hydrogen-bond acceptors (Lipinski definition) is 5. The van der Waals surface area contributed by atoms with Crippen LogP contribution in [0.15, 0.2) is 65.3 Å². The van der Waals surface area contributed by atoms with Gasteiger partial charge in [-0.05, 0) is 92.8 Å². The van der Waals surface area contributed by atoms with Gasteiger partial charge in [-0.15, -0.1) is 0 Å². The SMILES string of the molecule is CCC1(C)CCC=C(C)C(c2cc3ncc4c(c3cc2OC)CC(C)(C)C(C)C(Cc2ccncc2)=N4)=C(C)O1. The number of rotatable bonds is 5. The second-order valence-electron chi connectivity index (χ2n) is 12.5. The van der Waals surface area contributed by atoms with Gasteiger partial charge in [0.15, 0.2) is 0 Å². The first-order valence-corrected chi connectivity index (χ1v) is 14.6. The topological polar surface area (TPSA) is 56.6 Å². The maximum Gasteiger partial charge on any atom is 0.127 e. The Morgan fingerprint density at radius 2 is 1.85 bits per heavy atom. The lowest BCUT2D eigenvalue weighted by atomic mass is 9.72. The van der Waals surface area contributed by atoms with Crippen LogP contribution in [0.4, 0.5) is 5.69 Å². The molecule has 0 saturated heterocycles. The number of aromatic nitrogens is 2. The molecule has 40 heavy (non-hydrogen) atoms.